The predicted octanol–water partition coefficient (Wildman–Crippen LogP) is 3.72. The second-order valence-electron chi connectivity index (χ2n) is 10.5. The van der Waals surface area contributed by atoms with Crippen LogP contribution in [-0.2, 0) is 22.0 Å². The molecule has 2 aromatic heterocycles. The van der Waals surface area contributed by atoms with Crippen molar-refractivity contribution >= 4 is 39.9 Å². The number of anilines is 1. The van der Waals surface area contributed by atoms with Gasteiger partial charge in [-0.05, 0) is 49.6 Å². The number of benzene rings is 2. The quantitative estimate of drug-likeness (QED) is 0.323. The number of primary amides is 1. The van der Waals surface area contributed by atoms with Crippen molar-refractivity contribution in [3.63, 3.8) is 0 Å². The molecule has 2 aromatic carbocycles. The van der Waals surface area contributed by atoms with E-state index in [0.29, 0.717) is 52.9 Å². The van der Waals surface area contributed by atoms with Crippen molar-refractivity contribution in [3.8, 4) is 16.6 Å². The number of alkyl halides is 2. The van der Waals surface area contributed by atoms with Gasteiger partial charge in [0.2, 0.25) is 0 Å². The van der Waals surface area contributed by atoms with Gasteiger partial charge in [0, 0.05) is 29.2 Å². The van der Waals surface area contributed by atoms with Gasteiger partial charge in [-0.25, -0.2) is 14.8 Å². The molecule has 0 aliphatic carbocycles. The van der Waals surface area contributed by atoms with Gasteiger partial charge in [0.15, 0.2) is 0 Å². The Labute approximate surface area is 247 Å². The van der Waals surface area contributed by atoms with Crippen LogP contribution in [0.25, 0.3) is 21.5 Å². The number of nitrogens with one attached hydrogen (secondary N) is 1. The lowest BCUT2D eigenvalue weighted by molar-refractivity contribution is -0.143. The van der Waals surface area contributed by atoms with E-state index < -0.39 is 17.5 Å². The maximum absolute atomic E-state index is 14.4. The number of hydrogen-bond donors (Lipinski definition) is 2. The van der Waals surface area contributed by atoms with Gasteiger partial charge in [-0.3, -0.25) is 14.2 Å². The second-order valence-corrected chi connectivity index (χ2v) is 11.4. The van der Waals surface area contributed by atoms with Gasteiger partial charge in [-0.15, -0.1) is 11.3 Å². The summed E-state index contributed by atoms with van der Waals surface area (Å²) in [6.07, 6.45) is 0.840. The standard InChI is InChI=1S/C29H25F2N7O4S/c1-15-34-23-9-20(25-36-24(14-43-25)29(30,31)27(33)40)22(35-18-6-7-37-19(8-18)13-42-28(37)41)10-21(23)26(39)38(15)12-17-4-2-16(11-32)3-5-17/h2-5,9-10,14,18-19,35H,6-8,12-13H2,1H3,(H2,33,40)/t18-,19-/m0/s1. The number of nitriles is 1. The van der Waals surface area contributed by atoms with E-state index in [9.17, 15) is 23.2 Å². The summed E-state index contributed by atoms with van der Waals surface area (Å²) in [6.45, 7) is 2.69. The highest BCUT2D eigenvalue weighted by atomic mass is 32.1. The fourth-order valence-corrected chi connectivity index (χ4v) is 6.32. The number of cyclic esters (lactones) is 1. The number of halogens is 2. The van der Waals surface area contributed by atoms with E-state index in [4.69, 9.17) is 15.7 Å². The number of carbonyl (C=O) groups is 2. The molecule has 2 amide bonds. The third-order valence-corrected chi connectivity index (χ3v) is 8.66. The van der Waals surface area contributed by atoms with E-state index in [-0.39, 0.29) is 41.9 Å². The summed E-state index contributed by atoms with van der Waals surface area (Å²) in [6, 6.07) is 12.0. The van der Waals surface area contributed by atoms with Crippen LogP contribution in [0.4, 0.5) is 19.3 Å². The SMILES string of the molecule is Cc1nc2cc(-c3nc(C(F)(F)C(N)=O)cs3)c(N[C@H]3CCN4C(=O)OC[C@@H]4C3)cc2c(=O)n1Cc1ccc(C#N)cc1. The van der Waals surface area contributed by atoms with Crippen LogP contribution >= 0.6 is 11.3 Å². The number of ether oxygens (including phenoxy) is 1. The normalized spacial score (nSPS) is 18.3. The highest BCUT2D eigenvalue weighted by molar-refractivity contribution is 7.13. The Kier molecular flexibility index (Phi) is 7.05. The third-order valence-electron chi connectivity index (χ3n) is 7.78. The Balaban J connectivity index is 1.42. The van der Waals surface area contributed by atoms with Crippen LogP contribution < -0.4 is 16.6 Å². The Hall–Kier alpha value is -4.90. The molecule has 3 N–H and O–H groups in total. The fourth-order valence-electron chi connectivity index (χ4n) is 5.45. The summed E-state index contributed by atoms with van der Waals surface area (Å²) < 4.78 is 35.5. The molecular weight excluding hydrogens is 580 g/mol. The molecule has 2 aliphatic heterocycles. The molecule has 0 radical (unpaired) electrons. The van der Waals surface area contributed by atoms with Gasteiger partial charge >= 0.3 is 12.0 Å². The molecule has 0 bridgehead atoms. The zero-order chi connectivity index (χ0) is 30.5. The number of thiazole rings is 1. The molecule has 2 saturated heterocycles. The maximum Gasteiger partial charge on any atom is 0.410 e. The summed E-state index contributed by atoms with van der Waals surface area (Å²) in [5, 5.41) is 14.1. The minimum atomic E-state index is -3.95. The van der Waals surface area contributed by atoms with Crippen LogP contribution in [0.5, 0.6) is 0 Å². The molecule has 4 aromatic rings. The number of fused-ring (bicyclic) bond motifs is 2. The average Bonchev–Trinajstić information content (AvgIpc) is 3.63. The summed E-state index contributed by atoms with van der Waals surface area (Å²) in [5.41, 5.74) is 6.43. The fraction of sp³-hybridized carbons (Fsp3) is 0.310. The Morgan fingerprint density at radius 2 is 2.02 bits per heavy atom. The van der Waals surface area contributed by atoms with Gasteiger partial charge in [-0.1, -0.05) is 12.1 Å². The summed E-state index contributed by atoms with van der Waals surface area (Å²) in [5.74, 6) is -5.32. The summed E-state index contributed by atoms with van der Waals surface area (Å²) in [7, 11) is 0. The van der Waals surface area contributed by atoms with Crippen LogP contribution in [0.15, 0.2) is 46.6 Å². The maximum atomic E-state index is 14.4. The third kappa shape index (κ3) is 5.16. The summed E-state index contributed by atoms with van der Waals surface area (Å²) >= 11 is 0.918. The van der Waals surface area contributed by atoms with Crippen molar-refractivity contribution in [2.45, 2.75) is 44.3 Å². The predicted molar refractivity (Wildman–Crippen MR) is 154 cm³/mol. The first-order valence-corrected chi connectivity index (χ1v) is 14.3. The van der Waals surface area contributed by atoms with Crippen molar-refractivity contribution < 1.29 is 23.1 Å². The van der Waals surface area contributed by atoms with E-state index in [1.54, 1.807) is 48.2 Å². The Morgan fingerprint density at radius 1 is 1.26 bits per heavy atom. The second kappa shape index (κ2) is 10.7. The van der Waals surface area contributed by atoms with Gasteiger partial charge < -0.3 is 20.7 Å². The minimum absolute atomic E-state index is 0.0997. The van der Waals surface area contributed by atoms with Crippen LogP contribution in [0.2, 0.25) is 0 Å². The lowest BCUT2D eigenvalue weighted by Crippen LogP contribution is -2.45. The number of aromatic nitrogens is 3. The molecule has 11 nitrogen and oxygen atoms in total. The number of carbonyl (C=O) groups excluding carboxylic acids is 2. The van der Waals surface area contributed by atoms with Gasteiger partial charge in [0.1, 0.15) is 23.1 Å². The number of nitrogens with two attached hydrogens (primary N) is 1. The van der Waals surface area contributed by atoms with Crippen molar-refractivity contribution in [3.05, 3.63) is 74.8 Å². The molecule has 2 atom stereocenters. The van der Waals surface area contributed by atoms with Crippen molar-refractivity contribution in [2.75, 3.05) is 18.5 Å². The first-order valence-electron chi connectivity index (χ1n) is 13.4. The largest absolute Gasteiger partial charge is 0.447 e. The van der Waals surface area contributed by atoms with E-state index in [0.717, 1.165) is 22.3 Å². The van der Waals surface area contributed by atoms with Crippen LogP contribution in [-0.4, -0.2) is 56.7 Å². The number of piperidine rings is 1. The van der Waals surface area contributed by atoms with E-state index in [1.807, 2.05) is 0 Å². The molecule has 0 saturated carbocycles. The Bertz CT molecular complexity index is 1870. The zero-order valence-corrected chi connectivity index (χ0v) is 23.7. The molecule has 0 spiro atoms. The van der Waals surface area contributed by atoms with Crippen molar-refractivity contribution in [2.24, 2.45) is 5.73 Å². The number of rotatable bonds is 7. The summed E-state index contributed by atoms with van der Waals surface area (Å²) in [4.78, 5) is 47.5. The Morgan fingerprint density at radius 3 is 2.74 bits per heavy atom. The zero-order valence-electron chi connectivity index (χ0n) is 22.8. The topological polar surface area (TPSA) is 156 Å². The number of nitrogens with zero attached hydrogens (tertiary/aromatic N) is 5. The highest BCUT2D eigenvalue weighted by Crippen LogP contribution is 2.38. The molecule has 43 heavy (non-hydrogen) atoms. The lowest BCUT2D eigenvalue weighted by atomic mass is 9.97. The minimum Gasteiger partial charge on any atom is -0.447 e. The van der Waals surface area contributed by atoms with Gasteiger partial charge in [0.05, 0.1) is 35.1 Å². The molecular formula is C29H25F2N7O4S. The average molecular weight is 606 g/mol. The molecule has 2 fully saturated rings. The molecule has 14 heteroatoms. The molecule has 4 heterocycles. The van der Waals surface area contributed by atoms with E-state index in [1.165, 1.54) is 4.57 Å². The van der Waals surface area contributed by atoms with Crippen LogP contribution in [0, 0.1) is 18.3 Å². The molecule has 6 rings (SSSR count). The van der Waals surface area contributed by atoms with E-state index in [2.05, 4.69) is 21.4 Å². The lowest BCUT2D eigenvalue weighted by Gasteiger charge is -2.33. The van der Waals surface area contributed by atoms with E-state index >= 15 is 0 Å². The van der Waals surface area contributed by atoms with Gasteiger partial charge in [-0.2, -0.15) is 14.0 Å². The smallest absolute Gasteiger partial charge is 0.410 e. The van der Waals surface area contributed by atoms with Crippen molar-refractivity contribution in [1.29, 1.82) is 5.26 Å². The van der Waals surface area contributed by atoms with Crippen LogP contribution in [0.3, 0.4) is 0 Å². The highest BCUT2D eigenvalue weighted by Gasteiger charge is 2.42. The monoisotopic (exact) mass is 605 g/mol. The van der Waals surface area contributed by atoms with Crippen LogP contribution in [0.1, 0.15) is 35.5 Å². The number of amides is 2. The number of hydrogen-bond acceptors (Lipinski definition) is 9. The number of aryl methyl sites for hydroxylation is 1. The molecule has 2 aliphatic rings. The van der Waals surface area contributed by atoms with Crippen molar-refractivity contribution in [1.82, 2.24) is 19.4 Å². The molecule has 220 valence electrons. The molecule has 0 unspecified atom stereocenters. The first kappa shape index (κ1) is 28.2. The van der Waals surface area contributed by atoms with Gasteiger partial charge in [0.25, 0.3) is 11.5 Å². The first-order chi connectivity index (χ1) is 20.5.